The van der Waals surface area contributed by atoms with Crippen LogP contribution in [-0.2, 0) is 7.05 Å². The SMILES string of the molecule is COc1cccc2nnn(C)c12. The molecule has 2 rings (SSSR count). The maximum Gasteiger partial charge on any atom is 0.146 e. The lowest BCUT2D eigenvalue weighted by Crippen LogP contribution is -1.92. The Morgan fingerprint density at radius 1 is 1.42 bits per heavy atom. The molecule has 0 aliphatic rings. The number of rotatable bonds is 1. The van der Waals surface area contributed by atoms with Crippen LogP contribution in [0, 0.1) is 0 Å². The smallest absolute Gasteiger partial charge is 0.146 e. The summed E-state index contributed by atoms with van der Waals surface area (Å²) >= 11 is 0. The molecule has 0 aliphatic carbocycles. The van der Waals surface area contributed by atoms with Gasteiger partial charge in [0.2, 0.25) is 0 Å². The molecule has 2 aromatic rings. The van der Waals surface area contributed by atoms with Gasteiger partial charge >= 0.3 is 0 Å². The fraction of sp³-hybridized carbons (Fsp3) is 0.250. The van der Waals surface area contributed by atoms with Crippen molar-refractivity contribution >= 4 is 11.0 Å². The van der Waals surface area contributed by atoms with Crippen LogP contribution in [0.1, 0.15) is 0 Å². The molecule has 0 aliphatic heterocycles. The average Bonchev–Trinajstić information content (AvgIpc) is 2.48. The van der Waals surface area contributed by atoms with Crippen molar-refractivity contribution in [2.45, 2.75) is 0 Å². The van der Waals surface area contributed by atoms with E-state index >= 15 is 0 Å². The lowest BCUT2D eigenvalue weighted by Gasteiger charge is -2.00. The van der Waals surface area contributed by atoms with Crippen LogP contribution >= 0.6 is 0 Å². The minimum absolute atomic E-state index is 0.806. The Labute approximate surface area is 69.8 Å². The second-order valence-electron chi connectivity index (χ2n) is 2.54. The fourth-order valence-corrected chi connectivity index (χ4v) is 1.24. The van der Waals surface area contributed by atoms with E-state index < -0.39 is 0 Å². The number of aryl methyl sites for hydroxylation is 1. The first kappa shape index (κ1) is 7.09. The summed E-state index contributed by atoms with van der Waals surface area (Å²) < 4.78 is 6.87. The van der Waals surface area contributed by atoms with E-state index in [1.54, 1.807) is 11.8 Å². The van der Waals surface area contributed by atoms with Crippen LogP contribution in [-0.4, -0.2) is 22.1 Å². The summed E-state index contributed by atoms with van der Waals surface area (Å²) in [5.41, 5.74) is 1.79. The average molecular weight is 163 g/mol. The standard InChI is InChI=1S/C8H9N3O/c1-11-8-6(9-10-11)4-3-5-7(8)12-2/h3-5H,1-2H3. The van der Waals surface area contributed by atoms with E-state index in [1.165, 1.54) is 0 Å². The van der Waals surface area contributed by atoms with Crippen LogP contribution in [0.15, 0.2) is 18.2 Å². The van der Waals surface area contributed by atoms with E-state index in [0.29, 0.717) is 0 Å². The van der Waals surface area contributed by atoms with Crippen molar-refractivity contribution in [1.29, 1.82) is 0 Å². The summed E-state index contributed by atoms with van der Waals surface area (Å²) in [5, 5.41) is 7.85. The molecule has 0 amide bonds. The van der Waals surface area contributed by atoms with Gasteiger partial charge in [-0.1, -0.05) is 11.3 Å². The van der Waals surface area contributed by atoms with Crippen molar-refractivity contribution in [3.63, 3.8) is 0 Å². The van der Waals surface area contributed by atoms with Gasteiger partial charge in [0.15, 0.2) is 0 Å². The lowest BCUT2D eigenvalue weighted by atomic mass is 10.3. The number of nitrogens with zero attached hydrogens (tertiary/aromatic N) is 3. The van der Waals surface area contributed by atoms with E-state index in [1.807, 2.05) is 25.2 Å². The van der Waals surface area contributed by atoms with Crippen molar-refractivity contribution < 1.29 is 4.74 Å². The van der Waals surface area contributed by atoms with Crippen molar-refractivity contribution in [3.05, 3.63) is 18.2 Å². The molecule has 0 fully saturated rings. The van der Waals surface area contributed by atoms with E-state index in [2.05, 4.69) is 10.3 Å². The van der Waals surface area contributed by atoms with Gasteiger partial charge < -0.3 is 4.74 Å². The first-order valence-corrected chi connectivity index (χ1v) is 3.65. The van der Waals surface area contributed by atoms with Crippen LogP contribution in [0.4, 0.5) is 0 Å². The molecule has 0 saturated carbocycles. The summed E-state index contributed by atoms with van der Waals surface area (Å²) in [5.74, 6) is 0.806. The predicted molar refractivity (Wildman–Crippen MR) is 45.1 cm³/mol. The molecule has 1 aromatic heterocycles. The summed E-state index contributed by atoms with van der Waals surface area (Å²) in [6, 6.07) is 5.70. The number of methoxy groups -OCH3 is 1. The maximum atomic E-state index is 5.17. The summed E-state index contributed by atoms with van der Waals surface area (Å²) in [6.45, 7) is 0. The number of ether oxygens (including phenoxy) is 1. The van der Waals surface area contributed by atoms with Crippen LogP contribution in [0.25, 0.3) is 11.0 Å². The molecule has 0 atom stereocenters. The number of aromatic nitrogens is 3. The van der Waals surface area contributed by atoms with Crippen molar-refractivity contribution in [1.82, 2.24) is 15.0 Å². The third-order valence-electron chi connectivity index (χ3n) is 1.81. The van der Waals surface area contributed by atoms with E-state index in [-0.39, 0.29) is 0 Å². The highest BCUT2D eigenvalue weighted by atomic mass is 16.5. The second kappa shape index (κ2) is 2.48. The molecule has 1 heterocycles. The minimum Gasteiger partial charge on any atom is -0.494 e. The van der Waals surface area contributed by atoms with Crippen LogP contribution in [0.2, 0.25) is 0 Å². The van der Waals surface area contributed by atoms with E-state index in [9.17, 15) is 0 Å². The van der Waals surface area contributed by atoms with Gasteiger partial charge in [0.25, 0.3) is 0 Å². The third-order valence-corrected chi connectivity index (χ3v) is 1.81. The Morgan fingerprint density at radius 2 is 2.25 bits per heavy atom. The number of benzene rings is 1. The largest absolute Gasteiger partial charge is 0.494 e. The highest BCUT2D eigenvalue weighted by Gasteiger charge is 2.05. The molecule has 0 bridgehead atoms. The molecule has 4 heteroatoms. The van der Waals surface area contributed by atoms with Gasteiger partial charge in [-0.15, -0.1) is 5.10 Å². The molecule has 0 N–H and O–H groups in total. The van der Waals surface area contributed by atoms with Gasteiger partial charge in [-0.05, 0) is 12.1 Å². The quantitative estimate of drug-likeness (QED) is 0.629. The van der Waals surface area contributed by atoms with E-state index in [4.69, 9.17) is 4.74 Å². The molecule has 0 spiro atoms. The summed E-state index contributed by atoms with van der Waals surface area (Å²) in [4.78, 5) is 0. The van der Waals surface area contributed by atoms with Crippen molar-refractivity contribution in [2.75, 3.05) is 7.11 Å². The molecule has 0 saturated heterocycles. The lowest BCUT2D eigenvalue weighted by molar-refractivity contribution is 0.417. The normalized spacial score (nSPS) is 10.5. The van der Waals surface area contributed by atoms with Crippen LogP contribution in [0.3, 0.4) is 0 Å². The highest BCUT2D eigenvalue weighted by molar-refractivity contribution is 5.80. The maximum absolute atomic E-state index is 5.17. The zero-order valence-corrected chi connectivity index (χ0v) is 6.98. The van der Waals surface area contributed by atoms with Gasteiger partial charge in [0.05, 0.1) is 7.11 Å². The van der Waals surface area contributed by atoms with Gasteiger partial charge in [-0.25, -0.2) is 4.68 Å². The summed E-state index contributed by atoms with van der Waals surface area (Å²) in [6.07, 6.45) is 0. The molecule has 0 radical (unpaired) electrons. The highest BCUT2D eigenvalue weighted by Crippen LogP contribution is 2.21. The Morgan fingerprint density at radius 3 is 3.00 bits per heavy atom. The molecule has 0 unspecified atom stereocenters. The number of para-hydroxylation sites is 1. The van der Waals surface area contributed by atoms with Crippen molar-refractivity contribution in [2.24, 2.45) is 7.05 Å². The number of hydrogen-bond acceptors (Lipinski definition) is 3. The second-order valence-corrected chi connectivity index (χ2v) is 2.54. The minimum atomic E-state index is 0.806. The zero-order valence-electron chi connectivity index (χ0n) is 6.98. The Bertz CT molecular complexity index is 408. The van der Waals surface area contributed by atoms with Gasteiger partial charge in [-0.3, -0.25) is 0 Å². The van der Waals surface area contributed by atoms with Crippen LogP contribution < -0.4 is 4.74 Å². The Balaban J connectivity index is 2.84. The molecule has 1 aromatic carbocycles. The fourth-order valence-electron chi connectivity index (χ4n) is 1.24. The third kappa shape index (κ3) is 0.845. The topological polar surface area (TPSA) is 39.9 Å². The molecule has 4 nitrogen and oxygen atoms in total. The van der Waals surface area contributed by atoms with Gasteiger partial charge in [0.1, 0.15) is 16.8 Å². The van der Waals surface area contributed by atoms with Gasteiger partial charge in [-0.2, -0.15) is 0 Å². The predicted octanol–water partition coefficient (Wildman–Crippen LogP) is 0.977. The number of fused-ring (bicyclic) bond motifs is 1. The summed E-state index contributed by atoms with van der Waals surface area (Å²) in [7, 11) is 3.49. The first-order chi connectivity index (χ1) is 5.83. The zero-order chi connectivity index (χ0) is 8.55. The monoisotopic (exact) mass is 163 g/mol. The molecule has 62 valence electrons. The number of hydrogen-bond donors (Lipinski definition) is 0. The molecular formula is C8H9N3O. The van der Waals surface area contributed by atoms with Crippen LogP contribution in [0.5, 0.6) is 5.75 Å². The van der Waals surface area contributed by atoms with Gasteiger partial charge in [0, 0.05) is 7.05 Å². The Kier molecular flexibility index (Phi) is 1.46. The molecule has 12 heavy (non-hydrogen) atoms. The first-order valence-electron chi connectivity index (χ1n) is 3.65. The Hall–Kier alpha value is -1.58. The van der Waals surface area contributed by atoms with Crippen molar-refractivity contribution in [3.8, 4) is 5.75 Å². The molecular weight excluding hydrogens is 154 g/mol. The van der Waals surface area contributed by atoms with E-state index in [0.717, 1.165) is 16.8 Å².